The lowest BCUT2D eigenvalue weighted by Crippen LogP contribution is -2.29. The zero-order valence-electron chi connectivity index (χ0n) is 13.0. The van der Waals surface area contributed by atoms with E-state index in [0.717, 1.165) is 12.1 Å². The Morgan fingerprint density at radius 2 is 1.88 bits per heavy atom. The van der Waals surface area contributed by atoms with Gasteiger partial charge >= 0.3 is 0 Å². The van der Waals surface area contributed by atoms with Crippen molar-refractivity contribution in [2.75, 3.05) is 11.9 Å². The highest BCUT2D eigenvalue weighted by atomic mass is 19.2. The third-order valence-corrected chi connectivity index (χ3v) is 3.12. The third-order valence-electron chi connectivity index (χ3n) is 3.12. The van der Waals surface area contributed by atoms with Crippen LogP contribution in [0.25, 0.3) is 0 Å². The number of nitrogens with one attached hydrogen (secondary N) is 2. The first-order valence-electron chi connectivity index (χ1n) is 7.09. The molecule has 0 saturated heterocycles. The van der Waals surface area contributed by atoms with Gasteiger partial charge in [-0.25, -0.2) is 18.7 Å². The Morgan fingerprint density at radius 3 is 2.52 bits per heavy atom. The Hall–Kier alpha value is -2.62. The lowest BCUT2D eigenvalue weighted by Gasteiger charge is -2.14. The van der Waals surface area contributed by atoms with Gasteiger partial charge in [-0.1, -0.05) is 6.07 Å². The molecule has 0 unspecified atom stereocenters. The normalized spacial score (nSPS) is 10.8. The Balaban J connectivity index is 2.32. The van der Waals surface area contributed by atoms with Gasteiger partial charge in [0, 0.05) is 0 Å². The highest BCUT2D eigenvalue weighted by Crippen LogP contribution is 2.28. The van der Waals surface area contributed by atoms with Crippen LogP contribution in [-0.2, 0) is 4.84 Å². The Bertz CT molecular complexity index is 784. The maximum atomic E-state index is 14.1. The van der Waals surface area contributed by atoms with Crippen LogP contribution in [0.2, 0.25) is 0 Å². The van der Waals surface area contributed by atoms with Gasteiger partial charge in [-0.3, -0.25) is 9.63 Å². The average molecular weight is 356 g/mol. The van der Waals surface area contributed by atoms with Crippen LogP contribution >= 0.6 is 0 Å². The van der Waals surface area contributed by atoms with Crippen LogP contribution in [0.1, 0.15) is 15.9 Å². The minimum absolute atomic E-state index is 0.157. The van der Waals surface area contributed by atoms with Gasteiger partial charge < -0.3 is 15.5 Å². The number of aliphatic hydroxyl groups is 2. The molecule has 6 nitrogen and oxygen atoms in total. The zero-order chi connectivity index (χ0) is 18.6. The predicted molar refractivity (Wildman–Crippen MR) is 82.4 cm³/mol. The molecule has 0 aromatic heterocycles. The van der Waals surface area contributed by atoms with E-state index in [-0.39, 0.29) is 11.3 Å². The molecule has 0 bridgehead atoms. The number of amides is 1. The number of anilines is 2. The van der Waals surface area contributed by atoms with Crippen LogP contribution < -0.4 is 10.8 Å². The first kappa shape index (κ1) is 18.7. The van der Waals surface area contributed by atoms with Crippen LogP contribution in [0.5, 0.6) is 0 Å². The van der Waals surface area contributed by atoms with E-state index >= 15 is 0 Å². The van der Waals surface area contributed by atoms with Crippen molar-refractivity contribution in [2.24, 2.45) is 0 Å². The first-order chi connectivity index (χ1) is 11.8. The first-order valence-corrected chi connectivity index (χ1v) is 7.09. The molecule has 0 aliphatic heterocycles. The number of carbonyl (C=O) groups excluding carboxylic acids is 1. The van der Waals surface area contributed by atoms with E-state index < -0.39 is 41.9 Å². The smallest absolute Gasteiger partial charge is 0.277 e. The van der Waals surface area contributed by atoms with Crippen molar-refractivity contribution < 1.29 is 33.0 Å². The SMILES string of the molecule is Cc1ccc(Nc2c(C(=O)NOCC(O)O)ccc(F)c2F)c(F)c1. The van der Waals surface area contributed by atoms with Crippen molar-refractivity contribution in [1.82, 2.24) is 5.48 Å². The minimum atomic E-state index is -1.83. The molecule has 4 N–H and O–H groups in total. The van der Waals surface area contributed by atoms with Crippen LogP contribution in [0.15, 0.2) is 30.3 Å². The molecule has 0 spiro atoms. The molecule has 0 atom stereocenters. The molecule has 0 aliphatic rings. The van der Waals surface area contributed by atoms with Crippen molar-refractivity contribution in [3.63, 3.8) is 0 Å². The summed E-state index contributed by atoms with van der Waals surface area (Å²) in [4.78, 5) is 16.5. The molecule has 0 heterocycles. The second-order valence-corrected chi connectivity index (χ2v) is 5.12. The zero-order valence-corrected chi connectivity index (χ0v) is 13.0. The summed E-state index contributed by atoms with van der Waals surface area (Å²) in [5.74, 6) is -4.32. The van der Waals surface area contributed by atoms with E-state index in [9.17, 15) is 18.0 Å². The predicted octanol–water partition coefficient (Wildman–Crippen LogP) is 2.13. The van der Waals surface area contributed by atoms with Crippen LogP contribution in [0.4, 0.5) is 24.5 Å². The maximum Gasteiger partial charge on any atom is 0.277 e. The quantitative estimate of drug-likeness (QED) is 0.470. The molecule has 0 radical (unpaired) electrons. The number of hydrogen-bond acceptors (Lipinski definition) is 5. The second-order valence-electron chi connectivity index (χ2n) is 5.12. The summed E-state index contributed by atoms with van der Waals surface area (Å²) in [5, 5.41) is 19.6. The number of benzene rings is 2. The van der Waals surface area contributed by atoms with Gasteiger partial charge in [0.15, 0.2) is 17.9 Å². The van der Waals surface area contributed by atoms with Gasteiger partial charge in [-0.05, 0) is 36.8 Å². The molecular formula is C16H15F3N2O4. The molecule has 0 saturated carbocycles. The number of rotatable bonds is 6. The van der Waals surface area contributed by atoms with Crippen molar-refractivity contribution in [2.45, 2.75) is 13.2 Å². The fraction of sp³-hybridized carbons (Fsp3) is 0.188. The fourth-order valence-electron chi connectivity index (χ4n) is 1.95. The van der Waals surface area contributed by atoms with Gasteiger partial charge in [-0.15, -0.1) is 0 Å². The number of hydrogen-bond donors (Lipinski definition) is 4. The Labute approximate surface area is 140 Å². The summed E-state index contributed by atoms with van der Waals surface area (Å²) < 4.78 is 41.6. The summed E-state index contributed by atoms with van der Waals surface area (Å²) in [6.45, 7) is 1.02. The van der Waals surface area contributed by atoms with Crippen LogP contribution in [0.3, 0.4) is 0 Å². The largest absolute Gasteiger partial charge is 0.366 e. The summed E-state index contributed by atoms with van der Waals surface area (Å²) in [7, 11) is 0. The van der Waals surface area contributed by atoms with Crippen molar-refractivity contribution in [3.05, 3.63) is 58.9 Å². The van der Waals surface area contributed by atoms with Gasteiger partial charge in [0.05, 0.1) is 16.9 Å². The van der Waals surface area contributed by atoms with E-state index in [1.165, 1.54) is 12.1 Å². The fourth-order valence-corrected chi connectivity index (χ4v) is 1.95. The number of carbonyl (C=O) groups is 1. The Kier molecular flexibility index (Phi) is 5.97. The van der Waals surface area contributed by atoms with Crippen LogP contribution in [-0.4, -0.2) is 29.0 Å². The van der Waals surface area contributed by atoms with Gasteiger partial charge in [0.1, 0.15) is 12.4 Å². The summed E-state index contributed by atoms with van der Waals surface area (Å²) in [6.07, 6.45) is -1.83. The molecule has 0 fully saturated rings. The van der Waals surface area contributed by atoms with E-state index in [4.69, 9.17) is 10.2 Å². The molecule has 25 heavy (non-hydrogen) atoms. The van der Waals surface area contributed by atoms with Crippen molar-refractivity contribution in [3.8, 4) is 0 Å². The van der Waals surface area contributed by atoms with Crippen molar-refractivity contribution >= 4 is 17.3 Å². The number of aliphatic hydroxyl groups excluding tert-OH is 1. The summed E-state index contributed by atoms with van der Waals surface area (Å²) in [5.41, 5.74) is 1.35. The Morgan fingerprint density at radius 1 is 1.16 bits per heavy atom. The van der Waals surface area contributed by atoms with Crippen LogP contribution in [0, 0.1) is 24.4 Å². The molecular weight excluding hydrogens is 341 g/mol. The van der Waals surface area contributed by atoms with Gasteiger partial charge in [-0.2, -0.15) is 0 Å². The molecule has 134 valence electrons. The van der Waals surface area contributed by atoms with E-state index in [2.05, 4.69) is 10.2 Å². The summed E-state index contributed by atoms with van der Waals surface area (Å²) >= 11 is 0. The average Bonchev–Trinajstić information content (AvgIpc) is 2.53. The monoisotopic (exact) mass is 356 g/mol. The number of aryl methyl sites for hydroxylation is 1. The molecule has 2 aromatic carbocycles. The molecule has 0 aliphatic carbocycles. The van der Waals surface area contributed by atoms with Crippen molar-refractivity contribution in [1.29, 1.82) is 0 Å². The lowest BCUT2D eigenvalue weighted by molar-refractivity contribution is -0.111. The van der Waals surface area contributed by atoms with E-state index in [0.29, 0.717) is 5.56 Å². The molecule has 2 rings (SSSR count). The van der Waals surface area contributed by atoms with Gasteiger partial charge in [0.25, 0.3) is 5.91 Å². The van der Waals surface area contributed by atoms with E-state index in [1.807, 2.05) is 5.48 Å². The lowest BCUT2D eigenvalue weighted by atomic mass is 10.1. The summed E-state index contributed by atoms with van der Waals surface area (Å²) in [6, 6.07) is 5.75. The molecule has 1 amide bonds. The topological polar surface area (TPSA) is 90.8 Å². The standard InChI is InChI=1S/C16H15F3N2O4/c1-8-2-5-12(11(18)6-8)20-15-9(3-4-10(17)14(15)19)16(24)21-25-7-13(22)23/h2-6,13,20,22-23H,7H2,1H3,(H,21,24). The number of hydroxylamine groups is 1. The molecule has 2 aromatic rings. The minimum Gasteiger partial charge on any atom is -0.366 e. The maximum absolute atomic E-state index is 14.1. The van der Waals surface area contributed by atoms with Gasteiger partial charge in [0.2, 0.25) is 0 Å². The highest BCUT2D eigenvalue weighted by Gasteiger charge is 2.20. The second kappa shape index (κ2) is 7.97. The highest BCUT2D eigenvalue weighted by molar-refractivity contribution is 5.99. The number of halogens is 3. The third kappa shape index (κ3) is 4.69. The van der Waals surface area contributed by atoms with E-state index in [1.54, 1.807) is 13.0 Å². The molecule has 9 heteroatoms.